The number of carbonyl (C=O) groups is 1. The Morgan fingerprint density at radius 1 is 1.32 bits per heavy atom. The average Bonchev–Trinajstić information content (AvgIpc) is 2.27. The lowest BCUT2D eigenvalue weighted by Gasteiger charge is -2.35. The lowest BCUT2D eigenvalue weighted by molar-refractivity contribution is -0.128. The molecule has 0 bridgehead atoms. The molecular weight excluding hydrogens is 260 g/mol. The third kappa shape index (κ3) is 3.71. The lowest BCUT2D eigenvalue weighted by Crippen LogP contribution is -2.52. The van der Waals surface area contributed by atoms with E-state index in [4.69, 9.17) is 0 Å². The first-order chi connectivity index (χ1) is 8.50. The molecule has 1 heterocycles. The summed E-state index contributed by atoms with van der Waals surface area (Å²) in [6.07, 6.45) is 0. The topological polar surface area (TPSA) is 41.1 Å². The number of halogens is 1. The van der Waals surface area contributed by atoms with Gasteiger partial charge in [-0.2, -0.15) is 0 Å². The Balaban J connectivity index is 0.00000180. The summed E-state index contributed by atoms with van der Waals surface area (Å²) in [7, 11) is 0. The van der Waals surface area contributed by atoms with Gasteiger partial charge in [-0.05, 0) is 38.4 Å². The second-order valence-corrected chi connectivity index (χ2v) is 5.69. The van der Waals surface area contributed by atoms with Gasteiger partial charge in [-0.1, -0.05) is 37.3 Å². The maximum Gasteiger partial charge on any atom is 0.223 e. The van der Waals surface area contributed by atoms with E-state index in [1.165, 1.54) is 0 Å². The van der Waals surface area contributed by atoms with Crippen LogP contribution in [0, 0.1) is 11.8 Å². The number of hydrogen-bond acceptors (Lipinski definition) is 2. The molecule has 2 rings (SSSR count). The first-order valence-electron chi connectivity index (χ1n) is 6.59. The molecule has 0 radical (unpaired) electrons. The van der Waals surface area contributed by atoms with Crippen LogP contribution in [-0.4, -0.2) is 19.0 Å². The van der Waals surface area contributed by atoms with Crippen molar-refractivity contribution in [3.63, 3.8) is 0 Å². The van der Waals surface area contributed by atoms with E-state index in [-0.39, 0.29) is 29.8 Å². The summed E-state index contributed by atoms with van der Waals surface area (Å²) >= 11 is 0. The number of amides is 1. The molecule has 2 N–H and O–H groups in total. The number of benzene rings is 1. The van der Waals surface area contributed by atoms with Gasteiger partial charge in [0, 0.05) is 5.92 Å². The van der Waals surface area contributed by atoms with Crippen molar-refractivity contribution in [2.45, 2.75) is 26.3 Å². The number of rotatable bonds is 4. The zero-order chi connectivity index (χ0) is 13.2. The quantitative estimate of drug-likeness (QED) is 0.890. The summed E-state index contributed by atoms with van der Waals surface area (Å²) in [4.78, 5) is 12.2. The van der Waals surface area contributed by atoms with Gasteiger partial charge in [0.2, 0.25) is 5.91 Å². The van der Waals surface area contributed by atoms with Crippen molar-refractivity contribution in [1.82, 2.24) is 10.6 Å². The first-order valence-corrected chi connectivity index (χ1v) is 6.59. The Hall–Kier alpha value is -1.06. The maximum atomic E-state index is 12.2. The Morgan fingerprint density at radius 2 is 1.89 bits per heavy atom. The predicted octanol–water partition coefficient (Wildman–Crippen LogP) is 2.32. The Kier molecular flexibility index (Phi) is 5.39. The van der Waals surface area contributed by atoms with E-state index in [1.807, 2.05) is 39.0 Å². The van der Waals surface area contributed by atoms with Gasteiger partial charge in [0.05, 0.1) is 5.54 Å². The van der Waals surface area contributed by atoms with Gasteiger partial charge in [0.25, 0.3) is 0 Å². The summed E-state index contributed by atoms with van der Waals surface area (Å²) in [5.74, 6) is 0.709. The van der Waals surface area contributed by atoms with Crippen LogP contribution in [0.3, 0.4) is 0 Å². The second kappa shape index (κ2) is 6.40. The molecule has 1 amide bonds. The van der Waals surface area contributed by atoms with E-state index >= 15 is 0 Å². The van der Waals surface area contributed by atoms with Crippen molar-refractivity contribution in [3.8, 4) is 0 Å². The van der Waals surface area contributed by atoms with Crippen molar-refractivity contribution in [2.24, 2.45) is 11.8 Å². The van der Waals surface area contributed by atoms with Gasteiger partial charge < -0.3 is 10.6 Å². The largest absolute Gasteiger partial charge is 0.347 e. The van der Waals surface area contributed by atoms with Gasteiger partial charge in [0.15, 0.2) is 0 Å². The molecule has 4 heteroatoms. The van der Waals surface area contributed by atoms with Crippen molar-refractivity contribution >= 4 is 18.3 Å². The highest BCUT2D eigenvalue weighted by Gasteiger charge is 2.32. The molecule has 1 aliphatic heterocycles. The van der Waals surface area contributed by atoms with Crippen molar-refractivity contribution in [3.05, 3.63) is 35.9 Å². The Bertz CT molecular complexity index is 415. The third-order valence-electron chi connectivity index (χ3n) is 3.86. The minimum atomic E-state index is -0.316. The fraction of sp³-hybridized carbons (Fsp3) is 0.533. The number of nitrogens with one attached hydrogen (secondary N) is 2. The van der Waals surface area contributed by atoms with Gasteiger partial charge in [-0.25, -0.2) is 0 Å². The highest BCUT2D eigenvalue weighted by Crippen LogP contribution is 2.22. The fourth-order valence-corrected chi connectivity index (χ4v) is 2.23. The molecule has 0 aromatic heterocycles. The molecule has 1 saturated heterocycles. The standard InChI is InChI=1S/C15H22N2O.ClH/c1-11(12-9-16-10-12)14(18)17-15(2,3)13-7-5-4-6-8-13;/h4-8,11-12,16H,9-10H2,1-3H3,(H,17,18);1H. The van der Waals surface area contributed by atoms with E-state index in [1.54, 1.807) is 0 Å². The molecule has 1 fully saturated rings. The first kappa shape index (κ1) is 16.0. The molecule has 0 spiro atoms. The minimum absolute atomic E-state index is 0. The summed E-state index contributed by atoms with van der Waals surface area (Å²) in [5.41, 5.74) is 0.821. The molecule has 3 nitrogen and oxygen atoms in total. The van der Waals surface area contributed by atoms with Crippen molar-refractivity contribution in [1.29, 1.82) is 0 Å². The second-order valence-electron chi connectivity index (χ2n) is 5.69. The van der Waals surface area contributed by atoms with Gasteiger partial charge in [0.1, 0.15) is 0 Å². The van der Waals surface area contributed by atoms with Crippen LogP contribution >= 0.6 is 12.4 Å². The van der Waals surface area contributed by atoms with Crippen LogP contribution in [0.2, 0.25) is 0 Å². The highest BCUT2D eigenvalue weighted by atomic mass is 35.5. The average molecular weight is 283 g/mol. The molecule has 1 aromatic carbocycles. The molecule has 1 unspecified atom stereocenters. The molecule has 0 aliphatic carbocycles. The summed E-state index contributed by atoms with van der Waals surface area (Å²) in [6.45, 7) is 8.03. The smallest absolute Gasteiger partial charge is 0.223 e. The molecule has 0 saturated carbocycles. The zero-order valence-corrected chi connectivity index (χ0v) is 12.6. The van der Waals surface area contributed by atoms with Gasteiger partial charge in [-0.15, -0.1) is 12.4 Å². The number of carbonyl (C=O) groups excluding carboxylic acids is 1. The minimum Gasteiger partial charge on any atom is -0.347 e. The van der Waals surface area contributed by atoms with Gasteiger partial charge >= 0.3 is 0 Å². The predicted molar refractivity (Wildman–Crippen MR) is 80.4 cm³/mol. The zero-order valence-electron chi connectivity index (χ0n) is 11.8. The summed E-state index contributed by atoms with van der Waals surface area (Å²) in [6, 6.07) is 10.1. The van der Waals surface area contributed by atoms with Crippen LogP contribution < -0.4 is 10.6 Å². The molecule has 1 aliphatic rings. The molecule has 1 atom stereocenters. The van der Waals surface area contributed by atoms with Crippen LogP contribution in [0.5, 0.6) is 0 Å². The van der Waals surface area contributed by atoms with Crippen LogP contribution in [0.25, 0.3) is 0 Å². The van der Waals surface area contributed by atoms with E-state index < -0.39 is 0 Å². The van der Waals surface area contributed by atoms with E-state index in [0.717, 1.165) is 18.7 Å². The normalized spacial score (nSPS) is 17.0. The highest BCUT2D eigenvalue weighted by molar-refractivity contribution is 5.85. The van der Waals surface area contributed by atoms with Crippen molar-refractivity contribution < 1.29 is 4.79 Å². The molecular formula is C15H23ClN2O. The van der Waals surface area contributed by atoms with E-state index in [0.29, 0.717) is 5.92 Å². The third-order valence-corrected chi connectivity index (χ3v) is 3.86. The van der Waals surface area contributed by atoms with Crippen molar-refractivity contribution in [2.75, 3.05) is 13.1 Å². The Labute approximate surface area is 121 Å². The summed E-state index contributed by atoms with van der Waals surface area (Å²) in [5, 5.41) is 6.37. The maximum absolute atomic E-state index is 12.2. The monoisotopic (exact) mass is 282 g/mol. The molecule has 106 valence electrons. The van der Waals surface area contributed by atoms with Crippen LogP contribution in [0.4, 0.5) is 0 Å². The lowest BCUT2D eigenvalue weighted by atomic mass is 9.86. The van der Waals surface area contributed by atoms with E-state index in [9.17, 15) is 4.79 Å². The summed E-state index contributed by atoms with van der Waals surface area (Å²) < 4.78 is 0. The fourth-order valence-electron chi connectivity index (χ4n) is 2.23. The molecule has 1 aromatic rings. The Morgan fingerprint density at radius 3 is 2.37 bits per heavy atom. The van der Waals surface area contributed by atoms with E-state index in [2.05, 4.69) is 22.8 Å². The molecule has 19 heavy (non-hydrogen) atoms. The van der Waals surface area contributed by atoms with Gasteiger partial charge in [-0.3, -0.25) is 4.79 Å². The SMILES string of the molecule is CC(C(=O)NC(C)(C)c1ccccc1)C1CNC1.Cl. The van der Waals surface area contributed by atoms with Crippen LogP contribution in [0.15, 0.2) is 30.3 Å². The number of hydrogen-bond donors (Lipinski definition) is 2. The van der Waals surface area contributed by atoms with Crippen LogP contribution in [-0.2, 0) is 10.3 Å². The van der Waals surface area contributed by atoms with Crippen LogP contribution in [0.1, 0.15) is 26.3 Å².